The molecule has 1 amide bonds. The second-order valence-electron chi connectivity index (χ2n) is 8.45. The number of rotatable bonds is 7. The first kappa shape index (κ1) is 20.2. The van der Waals surface area contributed by atoms with Crippen molar-refractivity contribution in [2.24, 2.45) is 5.92 Å². The van der Waals surface area contributed by atoms with Gasteiger partial charge in [-0.1, -0.05) is 0 Å². The fourth-order valence-electron chi connectivity index (χ4n) is 4.62. The van der Waals surface area contributed by atoms with Crippen LogP contribution in [0.4, 0.5) is 0 Å². The van der Waals surface area contributed by atoms with Crippen molar-refractivity contribution in [2.75, 3.05) is 0 Å². The third-order valence-corrected chi connectivity index (χ3v) is 6.27. The molecule has 3 heterocycles. The summed E-state index contributed by atoms with van der Waals surface area (Å²) < 4.78 is 7.44. The number of ketones is 1. The number of aliphatic carboxylic acids is 1. The molecule has 0 bridgehead atoms. The lowest BCUT2D eigenvalue weighted by Crippen LogP contribution is -2.44. The standard InChI is InChI=1S/C22H23N5O5/c1-11(28)21-15-9-14(32-12(2)16-5-6-23-24-16)3-4-17(15)26(25-21)10-20(29)27-18-7-13(18)8-19(27)22(30)31/h3-6,9,12-13,18-19H,7-8,10H2,1-2H3,(H,23,24)(H,30,31)/t12?,13-,18-,19+/m1/s1. The normalized spacial score (nSPS) is 22.6. The molecule has 0 radical (unpaired) electrons. The number of nitrogens with one attached hydrogen (secondary N) is 1. The molecule has 10 nitrogen and oxygen atoms in total. The zero-order chi connectivity index (χ0) is 22.6. The molecule has 1 aromatic carbocycles. The van der Waals surface area contributed by atoms with Crippen LogP contribution in [0.15, 0.2) is 30.5 Å². The summed E-state index contributed by atoms with van der Waals surface area (Å²) in [4.78, 5) is 38.3. The van der Waals surface area contributed by atoms with Crippen molar-refractivity contribution < 1.29 is 24.2 Å². The number of carboxylic acid groups (broad SMARTS) is 1. The van der Waals surface area contributed by atoms with Crippen LogP contribution in [0.3, 0.4) is 0 Å². The van der Waals surface area contributed by atoms with Crippen molar-refractivity contribution in [3.63, 3.8) is 0 Å². The lowest BCUT2D eigenvalue weighted by Gasteiger charge is -2.24. The molecular formula is C22H23N5O5. The Kier molecular flexibility index (Phi) is 4.72. The van der Waals surface area contributed by atoms with Gasteiger partial charge in [-0.3, -0.25) is 19.4 Å². The van der Waals surface area contributed by atoms with E-state index in [1.165, 1.54) is 16.5 Å². The van der Waals surface area contributed by atoms with Crippen molar-refractivity contribution in [3.8, 4) is 5.75 Å². The van der Waals surface area contributed by atoms with Crippen molar-refractivity contribution in [1.82, 2.24) is 24.9 Å². The summed E-state index contributed by atoms with van der Waals surface area (Å²) in [5.74, 6) is -0.681. The summed E-state index contributed by atoms with van der Waals surface area (Å²) in [7, 11) is 0. The number of H-pyrrole nitrogens is 1. The van der Waals surface area contributed by atoms with Gasteiger partial charge in [-0.05, 0) is 49.9 Å². The van der Waals surface area contributed by atoms with E-state index in [0.29, 0.717) is 23.1 Å². The SMILES string of the molecule is CC(=O)c1nn(CC(=O)N2[C@@H]3C[C@@H]3C[C@H]2C(=O)O)c2ccc(OC(C)c3cc[nH]n3)cc12. The number of benzene rings is 1. The van der Waals surface area contributed by atoms with E-state index in [9.17, 15) is 19.5 Å². The van der Waals surface area contributed by atoms with E-state index >= 15 is 0 Å². The summed E-state index contributed by atoms with van der Waals surface area (Å²) in [6.45, 7) is 3.17. The van der Waals surface area contributed by atoms with Crippen LogP contribution in [-0.2, 0) is 16.1 Å². The van der Waals surface area contributed by atoms with E-state index in [1.807, 2.05) is 13.0 Å². The second kappa shape index (κ2) is 7.47. The van der Waals surface area contributed by atoms with Gasteiger partial charge in [0.15, 0.2) is 5.78 Å². The Morgan fingerprint density at radius 1 is 1.28 bits per heavy atom. The number of carbonyl (C=O) groups is 3. The minimum absolute atomic E-state index is 0.00114. The number of hydrogen-bond donors (Lipinski definition) is 2. The summed E-state index contributed by atoms with van der Waals surface area (Å²) >= 11 is 0. The highest BCUT2D eigenvalue weighted by atomic mass is 16.5. The van der Waals surface area contributed by atoms with E-state index in [0.717, 1.165) is 12.1 Å². The minimum atomic E-state index is -0.979. The molecule has 10 heteroatoms. The Balaban J connectivity index is 1.43. The minimum Gasteiger partial charge on any atom is -0.484 e. The topological polar surface area (TPSA) is 130 Å². The number of likely N-dealkylation sites (tertiary alicyclic amines) is 1. The van der Waals surface area contributed by atoms with E-state index < -0.39 is 12.0 Å². The van der Waals surface area contributed by atoms with Gasteiger partial charge in [0.2, 0.25) is 5.91 Å². The molecular weight excluding hydrogens is 414 g/mol. The zero-order valence-electron chi connectivity index (χ0n) is 17.7. The Labute approximate surface area is 183 Å². The molecule has 0 spiro atoms. The van der Waals surface area contributed by atoms with E-state index in [-0.39, 0.29) is 42.0 Å². The first-order valence-electron chi connectivity index (χ1n) is 10.5. The van der Waals surface area contributed by atoms with Gasteiger partial charge in [-0.25, -0.2) is 4.79 Å². The molecule has 1 saturated heterocycles. The quantitative estimate of drug-likeness (QED) is 0.542. The number of ether oxygens (including phenoxy) is 1. The first-order chi connectivity index (χ1) is 15.3. The van der Waals surface area contributed by atoms with Gasteiger partial charge in [-0.15, -0.1) is 0 Å². The molecule has 1 aliphatic carbocycles. The molecule has 2 N–H and O–H groups in total. The van der Waals surface area contributed by atoms with Crippen LogP contribution in [0.25, 0.3) is 10.9 Å². The molecule has 5 rings (SSSR count). The van der Waals surface area contributed by atoms with Crippen molar-refractivity contribution in [2.45, 2.75) is 51.4 Å². The van der Waals surface area contributed by atoms with Gasteiger partial charge < -0.3 is 14.7 Å². The molecule has 32 heavy (non-hydrogen) atoms. The average molecular weight is 437 g/mol. The highest BCUT2D eigenvalue weighted by Crippen LogP contribution is 2.48. The highest BCUT2D eigenvalue weighted by Gasteiger charge is 2.56. The Morgan fingerprint density at radius 3 is 2.78 bits per heavy atom. The van der Waals surface area contributed by atoms with Crippen LogP contribution in [0.5, 0.6) is 5.75 Å². The predicted molar refractivity (Wildman–Crippen MR) is 112 cm³/mol. The molecule has 3 aromatic rings. The monoisotopic (exact) mass is 437 g/mol. The van der Waals surface area contributed by atoms with Crippen molar-refractivity contribution in [1.29, 1.82) is 0 Å². The molecule has 1 aliphatic heterocycles. The summed E-state index contributed by atoms with van der Waals surface area (Å²) in [6, 6.07) is 6.28. The maximum Gasteiger partial charge on any atom is 0.326 e. The number of piperidine rings is 1. The van der Waals surface area contributed by atoms with E-state index in [4.69, 9.17) is 4.74 Å². The average Bonchev–Trinajstić information content (AvgIpc) is 3.15. The maximum atomic E-state index is 13.0. The molecule has 2 aromatic heterocycles. The third-order valence-electron chi connectivity index (χ3n) is 6.27. The molecule has 1 unspecified atom stereocenters. The number of Topliss-reactive ketones (excluding diaryl/α,β-unsaturated/α-hetero) is 1. The first-order valence-corrected chi connectivity index (χ1v) is 10.5. The van der Waals surface area contributed by atoms with Crippen LogP contribution >= 0.6 is 0 Å². The van der Waals surface area contributed by atoms with E-state index in [1.54, 1.807) is 24.4 Å². The van der Waals surface area contributed by atoms with Gasteiger partial charge in [0.05, 0.1) is 5.52 Å². The number of carboxylic acids is 1. The van der Waals surface area contributed by atoms with E-state index in [2.05, 4.69) is 15.3 Å². The zero-order valence-corrected chi connectivity index (χ0v) is 17.7. The van der Waals surface area contributed by atoms with Crippen LogP contribution in [0.2, 0.25) is 0 Å². The van der Waals surface area contributed by atoms with Gasteiger partial charge >= 0.3 is 5.97 Å². The number of nitrogens with zero attached hydrogens (tertiary/aromatic N) is 4. The number of amides is 1. The van der Waals surface area contributed by atoms with Gasteiger partial charge in [0.25, 0.3) is 0 Å². The number of aromatic nitrogens is 4. The number of fused-ring (bicyclic) bond motifs is 2. The smallest absolute Gasteiger partial charge is 0.326 e. The largest absolute Gasteiger partial charge is 0.484 e. The Hall–Kier alpha value is -3.69. The van der Waals surface area contributed by atoms with Gasteiger partial charge in [0, 0.05) is 24.5 Å². The Bertz CT molecular complexity index is 1220. The van der Waals surface area contributed by atoms with Crippen LogP contribution in [0, 0.1) is 5.92 Å². The third kappa shape index (κ3) is 3.41. The van der Waals surface area contributed by atoms with Crippen LogP contribution in [0.1, 0.15) is 49.0 Å². The summed E-state index contributed by atoms with van der Waals surface area (Å²) in [5, 5.41) is 21.3. The van der Waals surface area contributed by atoms with Crippen molar-refractivity contribution >= 4 is 28.6 Å². The van der Waals surface area contributed by atoms with Crippen LogP contribution in [-0.4, -0.2) is 59.7 Å². The molecule has 2 fully saturated rings. The van der Waals surface area contributed by atoms with Crippen LogP contribution < -0.4 is 4.74 Å². The molecule has 4 atom stereocenters. The summed E-state index contributed by atoms with van der Waals surface area (Å²) in [5.41, 5.74) is 1.60. The Morgan fingerprint density at radius 2 is 2.09 bits per heavy atom. The second-order valence-corrected chi connectivity index (χ2v) is 8.45. The molecule has 2 aliphatic rings. The van der Waals surface area contributed by atoms with Gasteiger partial charge in [-0.2, -0.15) is 10.2 Å². The number of carbonyl (C=O) groups excluding carboxylic acids is 2. The lowest BCUT2D eigenvalue weighted by molar-refractivity contribution is -0.149. The number of aromatic amines is 1. The lowest BCUT2D eigenvalue weighted by atomic mass is 10.1. The van der Waals surface area contributed by atoms with Crippen molar-refractivity contribution in [3.05, 3.63) is 41.9 Å². The number of hydrogen-bond acceptors (Lipinski definition) is 6. The van der Waals surface area contributed by atoms with Gasteiger partial charge in [0.1, 0.15) is 35.8 Å². The fraction of sp³-hybridized carbons (Fsp3) is 0.409. The molecule has 1 saturated carbocycles. The maximum absolute atomic E-state index is 13.0. The molecule has 166 valence electrons. The summed E-state index contributed by atoms with van der Waals surface area (Å²) in [6.07, 6.45) is 2.76. The fourth-order valence-corrected chi connectivity index (χ4v) is 4.62. The highest BCUT2D eigenvalue weighted by molar-refractivity contribution is 6.05. The predicted octanol–water partition coefficient (Wildman–Crippen LogP) is 2.18.